The highest BCUT2D eigenvalue weighted by atomic mass is 19.4. The molecule has 3 aromatic rings. The van der Waals surface area contributed by atoms with Crippen LogP contribution in [0.15, 0.2) is 42.7 Å². The predicted molar refractivity (Wildman–Crippen MR) is 102 cm³/mol. The minimum absolute atomic E-state index is 0.174. The summed E-state index contributed by atoms with van der Waals surface area (Å²) in [6, 6.07) is 9.39. The quantitative estimate of drug-likeness (QED) is 0.613. The van der Waals surface area contributed by atoms with Gasteiger partial charge in [-0.3, -0.25) is 4.98 Å². The number of halogens is 4. The maximum atomic E-state index is 13.5. The number of pyridine rings is 1. The standard InChI is InChI=1S/C19H19FN2O.C2HF3O2/c1-13-8-15(2-3-17(13)20)16-9-19-18(21-10-16)4-6-22(19)11-14-5-7-23-12-14;3-2(4,5)1(6)7/h2-4,6,8-10,14H,5,7,11-12H2,1H3;(H,6,7). The van der Waals surface area contributed by atoms with Crippen molar-refractivity contribution in [3.8, 4) is 11.1 Å². The normalized spacial score (nSPS) is 16.4. The van der Waals surface area contributed by atoms with E-state index in [9.17, 15) is 17.6 Å². The number of nitrogens with zero attached hydrogens (tertiary/aromatic N) is 2. The second-order valence-corrected chi connectivity index (χ2v) is 7.09. The summed E-state index contributed by atoms with van der Waals surface area (Å²) >= 11 is 0. The Morgan fingerprint density at radius 3 is 2.60 bits per heavy atom. The second-order valence-electron chi connectivity index (χ2n) is 7.09. The molecule has 2 aromatic heterocycles. The number of carbonyl (C=O) groups is 1. The van der Waals surface area contributed by atoms with Crippen molar-refractivity contribution < 1.29 is 32.2 Å². The number of aryl methyl sites for hydroxylation is 1. The average molecular weight is 424 g/mol. The van der Waals surface area contributed by atoms with Gasteiger partial charge in [0.1, 0.15) is 5.82 Å². The topological polar surface area (TPSA) is 64.4 Å². The van der Waals surface area contributed by atoms with Gasteiger partial charge in [0.25, 0.3) is 0 Å². The maximum Gasteiger partial charge on any atom is 0.490 e. The van der Waals surface area contributed by atoms with Crippen molar-refractivity contribution in [2.45, 2.75) is 26.1 Å². The molecule has 9 heteroatoms. The lowest BCUT2D eigenvalue weighted by atomic mass is 10.0. The Hall–Kier alpha value is -2.94. The van der Waals surface area contributed by atoms with Crippen LogP contribution in [0.1, 0.15) is 12.0 Å². The van der Waals surface area contributed by atoms with Gasteiger partial charge in [0.15, 0.2) is 0 Å². The first-order chi connectivity index (χ1) is 14.1. The fourth-order valence-corrected chi connectivity index (χ4v) is 3.21. The van der Waals surface area contributed by atoms with Gasteiger partial charge in [-0.15, -0.1) is 0 Å². The first kappa shape index (κ1) is 21.8. The van der Waals surface area contributed by atoms with Crippen LogP contribution in [-0.2, 0) is 16.1 Å². The largest absolute Gasteiger partial charge is 0.490 e. The van der Waals surface area contributed by atoms with Gasteiger partial charge in [-0.1, -0.05) is 6.07 Å². The summed E-state index contributed by atoms with van der Waals surface area (Å²) in [7, 11) is 0. The molecule has 1 N–H and O–H groups in total. The number of ether oxygens (including phenoxy) is 1. The molecule has 4 rings (SSSR count). The number of aromatic nitrogens is 2. The molecule has 0 amide bonds. The van der Waals surface area contributed by atoms with Crippen LogP contribution in [0.3, 0.4) is 0 Å². The van der Waals surface area contributed by atoms with Gasteiger partial charge in [-0.05, 0) is 48.7 Å². The highest BCUT2D eigenvalue weighted by Crippen LogP contribution is 2.26. The molecule has 0 bridgehead atoms. The Kier molecular flexibility index (Phi) is 6.40. The second kappa shape index (κ2) is 8.83. The van der Waals surface area contributed by atoms with E-state index >= 15 is 0 Å². The Morgan fingerprint density at radius 1 is 1.27 bits per heavy atom. The number of fused-ring (bicyclic) bond motifs is 1. The third kappa shape index (κ3) is 5.15. The van der Waals surface area contributed by atoms with Gasteiger partial charge in [-0.2, -0.15) is 13.2 Å². The highest BCUT2D eigenvalue weighted by Gasteiger charge is 2.38. The zero-order valence-electron chi connectivity index (χ0n) is 16.1. The van der Waals surface area contributed by atoms with Crippen LogP contribution in [0.2, 0.25) is 0 Å². The van der Waals surface area contributed by atoms with E-state index in [4.69, 9.17) is 14.6 Å². The van der Waals surface area contributed by atoms with Crippen LogP contribution in [0.5, 0.6) is 0 Å². The van der Waals surface area contributed by atoms with Crippen molar-refractivity contribution >= 4 is 17.0 Å². The maximum absolute atomic E-state index is 13.5. The molecule has 1 aliphatic rings. The number of carboxylic acid groups (broad SMARTS) is 1. The molecule has 3 heterocycles. The van der Waals surface area contributed by atoms with Crippen LogP contribution in [-0.4, -0.2) is 40.0 Å². The Labute approximate surface area is 169 Å². The average Bonchev–Trinajstić information content (AvgIpc) is 3.34. The highest BCUT2D eigenvalue weighted by molar-refractivity contribution is 5.81. The molecular weight excluding hydrogens is 404 g/mol. The number of hydrogen-bond acceptors (Lipinski definition) is 3. The molecule has 0 spiro atoms. The van der Waals surface area contributed by atoms with Crippen molar-refractivity contribution in [2.75, 3.05) is 13.2 Å². The third-order valence-electron chi connectivity index (χ3n) is 4.83. The van der Waals surface area contributed by atoms with Crippen LogP contribution < -0.4 is 0 Å². The van der Waals surface area contributed by atoms with E-state index in [0.717, 1.165) is 48.3 Å². The molecule has 5 nitrogen and oxygen atoms in total. The van der Waals surface area contributed by atoms with E-state index in [1.54, 1.807) is 6.92 Å². The lowest BCUT2D eigenvalue weighted by molar-refractivity contribution is -0.192. The molecule has 160 valence electrons. The van der Waals surface area contributed by atoms with Gasteiger partial charge in [0.05, 0.1) is 17.6 Å². The predicted octanol–water partition coefficient (Wildman–Crippen LogP) is 4.82. The van der Waals surface area contributed by atoms with Crippen molar-refractivity contribution in [1.29, 1.82) is 0 Å². The summed E-state index contributed by atoms with van der Waals surface area (Å²) in [5, 5.41) is 7.12. The fraction of sp³-hybridized carbons (Fsp3) is 0.333. The summed E-state index contributed by atoms with van der Waals surface area (Å²) in [6.45, 7) is 4.44. The zero-order chi connectivity index (χ0) is 21.9. The molecule has 1 aliphatic heterocycles. The number of alkyl halides is 3. The summed E-state index contributed by atoms with van der Waals surface area (Å²) in [4.78, 5) is 13.5. The Balaban J connectivity index is 0.000000318. The van der Waals surface area contributed by atoms with Gasteiger partial charge >= 0.3 is 12.1 Å². The molecule has 1 unspecified atom stereocenters. The SMILES string of the molecule is Cc1cc(-c2cnc3ccn(CC4CCOC4)c3c2)ccc1F.O=C(O)C(F)(F)F. The van der Waals surface area contributed by atoms with Gasteiger partial charge < -0.3 is 14.4 Å². The van der Waals surface area contributed by atoms with E-state index in [1.807, 2.05) is 24.4 Å². The molecule has 1 atom stereocenters. The van der Waals surface area contributed by atoms with E-state index in [1.165, 1.54) is 6.07 Å². The third-order valence-corrected chi connectivity index (χ3v) is 4.83. The van der Waals surface area contributed by atoms with Gasteiger partial charge in [0.2, 0.25) is 0 Å². The molecule has 1 fully saturated rings. The van der Waals surface area contributed by atoms with Crippen molar-refractivity contribution in [2.24, 2.45) is 5.92 Å². The van der Waals surface area contributed by atoms with Crippen LogP contribution in [0.25, 0.3) is 22.2 Å². The van der Waals surface area contributed by atoms with Crippen molar-refractivity contribution in [3.05, 3.63) is 54.1 Å². The minimum atomic E-state index is -5.08. The molecule has 0 radical (unpaired) electrons. The van der Waals surface area contributed by atoms with E-state index in [2.05, 4.69) is 21.8 Å². The smallest absolute Gasteiger partial charge is 0.475 e. The number of carboxylic acids is 1. The summed E-state index contributed by atoms with van der Waals surface area (Å²) < 4.78 is 52.9. The Morgan fingerprint density at radius 2 is 2.00 bits per heavy atom. The van der Waals surface area contributed by atoms with Crippen LogP contribution >= 0.6 is 0 Å². The minimum Gasteiger partial charge on any atom is -0.475 e. The Bertz CT molecular complexity index is 1040. The van der Waals surface area contributed by atoms with E-state index < -0.39 is 12.1 Å². The fourth-order valence-electron chi connectivity index (χ4n) is 3.21. The molecule has 30 heavy (non-hydrogen) atoms. The number of hydrogen-bond donors (Lipinski definition) is 1. The summed E-state index contributed by atoms with van der Waals surface area (Å²) in [6.07, 6.45) is -0.0162. The molecule has 1 saturated heterocycles. The zero-order valence-corrected chi connectivity index (χ0v) is 16.1. The molecule has 1 aromatic carbocycles. The summed E-state index contributed by atoms with van der Waals surface area (Å²) in [5.74, 6) is -2.36. The molecule has 0 saturated carbocycles. The number of benzene rings is 1. The molecular formula is C21H20F4N2O3. The van der Waals surface area contributed by atoms with E-state index in [-0.39, 0.29) is 5.82 Å². The summed E-state index contributed by atoms with van der Waals surface area (Å²) in [5.41, 5.74) is 4.78. The number of aliphatic carboxylic acids is 1. The van der Waals surface area contributed by atoms with Crippen molar-refractivity contribution in [3.63, 3.8) is 0 Å². The first-order valence-electron chi connectivity index (χ1n) is 9.24. The molecule has 0 aliphatic carbocycles. The van der Waals surface area contributed by atoms with Gasteiger partial charge in [0, 0.05) is 37.0 Å². The van der Waals surface area contributed by atoms with Crippen molar-refractivity contribution in [1.82, 2.24) is 9.55 Å². The monoisotopic (exact) mass is 424 g/mol. The number of rotatable bonds is 3. The van der Waals surface area contributed by atoms with E-state index in [0.29, 0.717) is 11.5 Å². The van der Waals surface area contributed by atoms with Crippen LogP contribution in [0.4, 0.5) is 17.6 Å². The lowest BCUT2D eigenvalue weighted by Crippen LogP contribution is -2.21. The van der Waals surface area contributed by atoms with Gasteiger partial charge in [-0.25, -0.2) is 9.18 Å². The first-order valence-corrected chi connectivity index (χ1v) is 9.24. The van der Waals surface area contributed by atoms with Crippen LogP contribution in [0, 0.1) is 18.7 Å². The lowest BCUT2D eigenvalue weighted by Gasteiger charge is -2.11.